The Morgan fingerprint density at radius 2 is 2.50 bits per heavy atom. The normalized spacial score (nSPS) is 11.3. The van der Waals surface area contributed by atoms with Crippen LogP contribution in [-0.4, -0.2) is 5.97 Å². The van der Waals surface area contributed by atoms with E-state index in [9.17, 15) is 9.18 Å². The smallest absolute Gasteiger partial charge is 0.307 e. The van der Waals surface area contributed by atoms with Crippen molar-refractivity contribution in [3.8, 4) is 0 Å². The highest BCUT2D eigenvalue weighted by molar-refractivity contribution is 7.11. The predicted molar refractivity (Wildman–Crippen MR) is 45.2 cm³/mol. The Bertz CT molecular complexity index is 290. The number of thiophene rings is 1. The molecule has 0 radical (unpaired) electrons. The Balaban J connectivity index is 2.65. The summed E-state index contributed by atoms with van der Waals surface area (Å²) in [5.41, 5.74) is 0. The molecule has 2 nitrogen and oxygen atoms in total. The zero-order valence-corrected chi connectivity index (χ0v) is 7.23. The van der Waals surface area contributed by atoms with E-state index in [0.29, 0.717) is 4.88 Å². The second-order valence-corrected chi connectivity index (χ2v) is 3.00. The van der Waals surface area contributed by atoms with E-state index in [0.717, 1.165) is 6.26 Å². The molecule has 0 saturated heterocycles. The molecular formula is C8H7FO2S. The molecule has 0 aliphatic carbocycles. The molecule has 0 N–H and O–H groups in total. The molecule has 0 amide bonds. The second-order valence-electron chi connectivity index (χ2n) is 2.05. The Morgan fingerprint density at radius 1 is 1.75 bits per heavy atom. The Kier molecular flexibility index (Phi) is 2.99. The number of hydrogen-bond acceptors (Lipinski definition) is 3. The SMILES string of the molecule is CC(=O)O/C=C(\F)c1cccs1. The van der Waals surface area contributed by atoms with Crippen molar-refractivity contribution in [3.05, 3.63) is 28.7 Å². The summed E-state index contributed by atoms with van der Waals surface area (Å²) in [6.45, 7) is 1.22. The van der Waals surface area contributed by atoms with Crippen LogP contribution in [0.1, 0.15) is 11.8 Å². The van der Waals surface area contributed by atoms with E-state index in [1.807, 2.05) is 0 Å². The van der Waals surface area contributed by atoms with Crippen molar-refractivity contribution in [1.29, 1.82) is 0 Å². The molecule has 12 heavy (non-hydrogen) atoms. The molecule has 0 aliphatic heterocycles. The van der Waals surface area contributed by atoms with Crippen LogP contribution in [0.25, 0.3) is 5.83 Å². The number of esters is 1. The van der Waals surface area contributed by atoms with Crippen LogP contribution in [0.2, 0.25) is 0 Å². The van der Waals surface area contributed by atoms with Crippen molar-refractivity contribution in [2.75, 3.05) is 0 Å². The number of rotatable bonds is 2. The van der Waals surface area contributed by atoms with Gasteiger partial charge in [-0.2, -0.15) is 0 Å². The third-order valence-electron chi connectivity index (χ3n) is 1.08. The van der Waals surface area contributed by atoms with Gasteiger partial charge in [0.25, 0.3) is 0 Å². The molecular weight excluding hydrogens is 179 g/mol. The molecule has 0 bridgehead atoms. The van der Waals surface area contributed by atoms with Gasteiger partial charge in [-0.15, -0.1) is 11.3 Å². The summed E-state index contributed by atoms with van der Waals surface area (Å²) in [6, 6.07) is 3.33. The molecule has 0 atom stereocenters. The minimum atomic E-state index is -0.528. The maximum atomic E-state index is 12.9. The minimum Gasteiger partial charge on any atom is -0.432 e. The summed E-state index contributed by atoms with van der Waals surface area (Å²) >= 11 is 1.25. The van der Waals surface area contributed by atoms with E-state index in [1.165, 1.54) is 18.3 Å². The van der Waals surface area contributed by atoms with Crippen molar-refractivity contribution in [1.82, 2.24) is 0 Å². The first-order valence-electron chi connectivity index (χ1n) is 3.27. The van der Waals surface area contributed by atoms with E-state index >= 15 is 0 Å². The monoisotopic (exact) mass is 186 g/mol. The highest BCUT2D eigenvalue weighted by Gasteiger charge is 2.01. The quantitative estimate of drug-likeness (QED) is 0.524. The fraction of sp³-hybridized carbons (Fsp3) is 0.125. The summed E-state index contributed by atoms with van der Waals surface area (Å²) in [7, 11) is 0. The maximum Gasteiger partial charge on any atom is 0.307 e. The van der Waals surface area contributed by atoms with Gasteiger partial charge in [0.2, 0.25) is 0 Å². The molecule has 1 rings (SSSR count). The predicted octanol–water partition coefficient (Wildman–Crippen LogP) is 2.58. The van der Waals surface area contributed by atoms with Crippen molar-refractivity contribution in [3.63, 3.8) is 0 Å². The summed E-state index contributed by atoms with van der Waals surface area (Å²) in [5.74, 6) is -1.05. The lowest BCUT2D eigenvalue weighted by molar-refractivity contribution is -0.135. The van der Waals surface area contributed by atoms with Gasteiger partial charge in [0.1, 0.15) is 6.26 Å². The third kappa shape index (κ3) is 2.47. The Labute approximate surface area is 73.3 Å². The van der Waals surface area contributed by atoms with Crippen LogP contribution in [0.15, 0.2) is 23.8 Å². The van der Waals surface area contributed by atoms with Gasteiger partial charge in [-0.25, -0.2) is 4.39 Å². The lowest BCUT2D eigenvalue weighted by atomic mass is 10.4. The Morgan fingerprint density at radius 3 is 3.00 bits per heavy atom. The molecule has 1 heterocycles. The van der Waals surface area contributed by atoms with Gasteiger partial charge in [-0.05, 0) is 11.4 Å². The van der Waals surface area contributed by atoms with E-state index in [2.05, 4.69) is 4.74 Å². The molecule has 64 valence electrons. The molecule has 0 fully saturated rings. The van der Waals surface area contributed by atoms with Gasteiger partial charge in [0, 0.05) is 6.92 Å². The first-order chi connectivity index (χ1) is 5.70. The van der Waals surface area contributed by atoms with Gasteiger partial charge in [-0.3, -0.25) is 4.79 Å². The molecule has 1 aromatic rings. The molecule has 4 heteroatoms. The van der Waals surface area contributed by atoms with Crippen molar-refractivity contribution >= 4 is 23.1 Å². The van der Waals surface area contributed by atoms with Gasteiger partial charge >= 0.3 is 5.97 Å². The highest BCUT2D eigenvalue weighted by atomic mass is 32.1. The Hall–Kier alpha value is -1.16. The third-order valence-corrected chi connectivity index (χ3v) is 1.96. The van der Waals surface area contributed by atoms with Crippen molar-refractivity contribution in [2.24, 2.45) is 0 Å². The van der Waals surface area contributed by atoms with E-state index < -0.39 is 11.8 Å². The van der Waals surface area contributed by atoms with Crippen LogP contribution in [-0.2, 0) is 9.53 Å². The molecule has 0 spiro atoms. The van der Waals surface area contributed by atoms with Gasteiger partial charge in [0.15, 0.2) is 5.83 Å². The van der Waals surface area contributed by atoms with Crippen molar-refractivity contribution in [2.45, 2.75) is 6.92 Å². The average Bonchev–Trinajstić information content (AvgIpc) is 2.51. The number of carbonyl (C=O) groups is 1. The standard InChI is InChI=1S/C8H7FO2S/c1-6(10)11-5-7(9)8-3-2-4-12-8/h2-5H,1H3/b7-5-. The van der Waals surface area contributed by atoms with Crippen LogP contribution in [0, 0.1) is 0 Å². The second kappa shape index (κ2) is 4.01. The van der Waals surface area contributed by atoms with Gasteiger partial charge in [-0.1, -0.05) is 6.07 Å². The van der Waals surface area contributed by atoms with Crippen molar-refractivity contribution < 1.29 is 13.9 Å². The summed E-state index contributed by atoms with van der Waals surface area (Å²) in [4.78, 5) is 10.7. The zero-order valence-electron chi connectivity index (χ0n) is 6.41. The minimum absolute atomic E-state index is 0.455. The first kappa shape index (κ1) is 8.93. The largest absolute Gasteiger partial charge is 0.432 e. The fourth-order valence-corrected chi connectivity index (χ4v) is 1.23. The molecule has 1 aromatic heterocycles. The van der Waals surface area contributed by atoms with Crippen LogP contribution < -0.4 is 0 Å². The molecule has 0 aliphatic rings. The maximum absolute atomic E-state index is 12.9. The fourth-order valence-electron chi connectivity index (χ4n) is 0.607. The summed E-state index contributed by atoms with van der Waals surface area (Å²) < 4.78 is 17.3. The van der Waals surface area contributed by atoms with Crippen LogP contribution in [0.4, 0.5) is 4.39 Å². The summed E-state index contributed by atoms with van der Waals surface area (Å²) in [6.07, 6.45) is 0.814. The molecule has 0 unspecified atom stereocenters. The lowest BCUT2D eigenvalue weighted by Gasteiger charge is -1.92. The lowest BCUT2D eigenvalue weighted by Crippen LogP contribution is -1.90. The number of ether oxygens (including phenoxy) is 1. The van der Waals surface area contributed by atoms with Crippen LogP contribution >= 0.6 is 11.3 Å². The zero-order chi connectivity index (χ0) is 8.97. The molecule has 0 saturated carbocycles. The molecule has 0 aromatic carbocycles. The number of carbonyl (C=O) groups excluding carboxylic acids is 1. The number of hydrogen-bond donors (Lipinski definition) is 0. The van der Waals surface area contributed by atoms with E-state index in [4.69, 9.17) is 0 Å². The van der Waals surface area contributed by atoms with Gasteiger partial charge in [0.05, 0.1) is 4.88 Å². The van der Waals surface area contributed by atoms with Crippen LogP contribution in [0.5, 0.6) is 0 Å². The van der Waals surface area contributed by atoms with E-state index in [1.54, 1.807) is 17.5 Å². The first-order valence-corrected chi connectivity index (χ1v) is 4.15. The van der Waals surface area contributed by atoms with Gasteiger partial charge < -0.3 is 4.74 Å². The summed E-state index contributed by atoms with van der Waals surface area (Å²) in [5, 5.41) is 1.75. The topological polar surface area (TPSA) is 26.3 Å². The highest BCUT2D eigenvalue weighted by Crippen LogP contribution is 2.20. The number of halogens is 1. The van der Waals surface area contributed by atoms with E-state index in [-0.39, 0.29) is 0 Å². The van der Waals surface area contributed by atoms with Crippen LogP contribution in [0.3, 0.4) is 0 Å². The average molecular weight is 186 g/mol.